The molecule has 1 fully saturated rings. The Kier molecular flexibility index (Phi) is 2.77. The third-order valence-electron chi connectivity index (χ3n) is 6.96. The molecule has 1 saturated heterocycles. The Morgan fingerprint density at radius 3 is 3.04 bits per heavy atom. The summed E-state index contributed by atoms with van der Waals surface area (Å²) in [5, 5.41) is 12.9. The van der Waals surface area contributed by atoms with E-state index in [1.165, 1.54) is 21.6 Å². The fourth-order valence-electron chi connectivity index (χ4n) is 5.88. The van der Waals surface area contributed by atoms with E-state index in [-0.39, 0.29) is 11.5 Å². The van der Waals surface area contributed by atoms with E-state index >= 15 is 0 Å². The third kappa shape index (κ3) is 1.64. The minimum atomic E-state index is -0.519. The molecule has 0 radical (unpaired) electrons. The molecule has 3 heterocycles. The quantitative estimate of drug-likeness (QED) is 0.801. The first-order valence-corrected chi connectivity index (χ1v) is 10.0. The van der Waals surface area contributed by atoms with Gasteiger partial charge in [0.2, 0.25) is 0 Å². The van der Waals surface area contributed by atoms with Crippen LogP contribution in [0.1, 0.15) is 17.5 Å². The van der Waals surface area contributed by atoms with E-state index < -0.39 is 6.10 Å². The molecule has 4 heteroatoms. The summed E-state index contributed by atoms with van der Waals surface area (Å²) < 4.78 is 6.57. The minimum absolute atomic E-state index is 0.0540. The fourth-order valence-corrected chi connectivity index (χ4v) is 6.63. The molecule has 1 aromatic heterocycles. The number of hydrogen-bond donors (Lipinski definition) is 1. The van der Waals surface area contributed by atoms with Crippen LogP contribution in [0.4, 0.5) is 0 Å². The van der Waals surface area contributed by atoms with E-state index in [2.05, 4.69) is 47.7 Å². The summed E-state index contributed by atoms with van der Waals surface area (Å²) in [5.74, 6) is 1.48. The standard InChI is InChI=1S/C21H21NO2S/c1-22-9-8-21-14-6-7-16(23)20(21)24-19-13(17-3-2-10-25-17)5-4-12(18(19)21)11-15(14)22/h2-7,10,14-16,20,23H,8-9,11H2,1H3/t14-,15+,16-,20-,21-/m0/s1. The zero-order valence-corrected chi connectivity index (χ0v) is 15.0. The number of nitrogens with zero attached hydrogens (tertiary/aromatic N) is 1. The first-order valence-electron chi connectivity index (χ1n) is 9.13. The number of likely N-dealkylation sites (N-methyl/N-ethyl adjacent to an activating group) is 1. The van der Waals surface area contributed by atoms with E-state index in [1.54, 1.807) is 11.3 Å². The molecule has 0 amide bonds. The molecule has 2 aromatic rings. The highest BCUT2D eigenvalue weighted by molar-refractivity contribution is 7.13. The lowest BCUT2D eigenvalue weighted by molar-refractivity contribution is -0.0449. The van der Waals surface area contributed by atoms with Crippen LogP contribution in [0.5, 0.6) is 5.75 Å². The molecule has 25 heavy (non-hydrogen) atoms. The maximum absolute atomic E-state index is 10.8. The van der Waals surface area contributed by atoms with Crippen LogP contribution in [-0.4, -0.2) is 41.8 Å². The first-order chi connectivity index (χ1) is 12.2. The molecule has 1 N–H and O–H groups in total. The Morgan fingerprint density at radius 1 is 1.28 bits per heavy atom. The average molecular weight is 351 g/mol. The first kappa shape index (κ1) is 14.5. The fraction of sp³-hybridized carbons (Fsp3) is 0.429. The molecular formula is C21H21NO2S. The van der Waals surface area contributed by atoms with Crippen molar-refractivity contribution >= 4 is 11.3 Å². The average Bonchev–Trinajstić information content (AvgIpc) is 3.25. The van der Waals surface area contributed by atoms with Crippen molar-refractivity contribution in [1.29, 1.82) is 0 Å². The summed E-state index contributed by atoms with van der Waals surface area (Å²) in [7, 11) is 2.24. The lowest BCUT2D eigenvalue weighted by Gasteiger charge is -2.56. The van der Waals surface area contributed by atoms with Gasteiger partial charge in [-0.25, -0.2) is 0 Å². The van der Waals surface area contributed by atoms with Crippen molar-refractivity contribution < 1.29 is 9.84 Å². The molecule has 6 rings (SSSR count). The SMILES string of the molecule is CN1CC[C@]23c4c5ccc(-c6cccs6)c4O[C@H]2[C@@H](O)C=C[C@H]3[C@H]1C5. The predicted molar refractivity (Wildman–Crippen MR) is 99.2 cm³/mol. The van der Waals surface area contributed by atoms with Crippen molar-refractivity contribution in [2.24, 2.45) is 5.92 Å². The van der Waals surface area contributed by atoms with Gasteiger partial charge in [-0.05, 0) is 49.5 Å². The van der Waals surface area contributed by atoms with E-state index in [0.29, 0.717) is 12.0 Å². The highest BCUT2D eigenvalue weighted by Gasteiger charge is 2.64. The predicted octanol–water partition coefficient (Wildman–Crippen LogP) is 3.22. The largest absolute Gasteiger partial charge is 0.485 e. The zero-order valence-electron chi connectivity index (χ0n) is 14.2. The molecule has 4 aliphatic rings. The van der Waals surface area contributed by atoms with Crippen LogP contribution in [0.3, 0.4) is 0 Å². The number of aliphatic hydroxyl groups is 1. The highest BCUT2D eigenvalue weighted by Crippen LogP contribution is 2.62. The molecule has 0 unspecified atom stereocenters. The van der Waals surface area contributed by atoms with Crippen LogP contribution < -0.4 is 4.74 Å². The van der Waals surface area contributed by atoms with Gasteiger partial charge in [0.05, 0.1) is 0 Å². The van der Waals surface area contributed by atoms with Gasteiger partial charge in [0, 0.05) is 33.4 Å². The van der Waals surface area contributed by atoms with Crippen LogP contribution >= 0.6 is 11.3 Å². The van der Waals surface area contributed by atoms with Gasteiger partial charge < -0.3 is 14.7 Å². The normalized spacial score (nSPS) is 37.7. The second kappa shape index (κ2) is 4.76. The Labute approximate surface area is 151 Å². The van der Waals surface area contributed by atoms with Gasteiger partial charge in [-0.15, -0.1) is 11.3 Å². The third-order valence-corrected chi connectivity index (χ3v) is 7.86. The Morgan fingerprint density at radius 2 is 2.20 bits per heavy atom. The van der Waals surface area contributed by atoms with Crippen LogP contribution in [0.15, 0.2) is 41.8 Å². The van der Waals surface area contributed by atoms with Gasteiger partial charge in [-0.1, -0.05) is 24.3 Å². The summed E-state index contributed by atoms with van der Waals surface area (Å²) in [6.45, 7) is 1.07. The van der Waals surface area contributed by atoms with Gasteiger partial charge in [-0.3, -0.25) is 0 Å². The zero-order chi connectivity index (χ0) is 16.8. The Hall–Kier alpha value is -1.62. The van der Waals surface area contributed by atoms with Gasteiger partial charge >= 0.3 is 0 Å². The van der Waals surface area contributed by atoms with E-state index in [4.69, 9.17) is 4.74 Å². The number of likely N-dealkylation sites (tertiary alicyclic amines) is 1. The summed E-state index contributed by atoms with van der Waals surface area (Å²) in [5.41, 5.74) is 3.97. The van der Waals surface area contributed by atoms with Crippen LogP contribution in [-0.2, 0) is 11.8 Å². The number of aliphatic hydroxyl groups excluding tert-OH is 1. The topological polar surface area (TPSA) is 32.7 Å². The summed E-state index contributed by atoms with van der Waals surface area (Å²) in [6, 6.07) is 9.31. The van der Waals surface area contributed by atoms with Gasteiger partial charge in [0.1, 0.15) is 18.0 Å². The van der Waals surface area contributed by atoms with Crippen LogP contribution in [0.25, 0.3) is 10.4 Å². The van der Waals surface area contributed by atoms with E-state index in [0.717, 1.165) is 25.1 Å². The molecule has 2 aliphatic heterocycles. The maximum Gasteiger partial charge on any atom is 0.139 e. The Bertz CT molecular complexity index is 890. The smallest absolute Gasteiger partial charge is 0.139 e. The number of hydrogen-bond acceptors (Lipinski definition) is 4. The summed E-state index contributed by atoms with van der Waals surface area (Å²) >= 11 is 1.76. The van der Waals surface area contributed by atoms with Crippen molar-refractivity contribution in [3.63, 3.8) is 0 Å². The molecule has 0 saturated carbocycles. The van der Waals surface area contributed by atoms with Crippen molar-refractivity contribution in [3.05, 3.63) is 52.9 Å². The minimum Gasteiger partial charge on any atom is -0.485 e. The van der Waals surface area contributed by atoms with Gasteiger partial charge in [0.25, 0.3) is 0 Å². The molecular weight excluding hydrogens is 330 g/mol. The molecule has 1 spiro atoms. The molecule has 2 aliphatic carbocycles. The van der Waals surface area contributed by atoms with Crippen molar-refractivity contribution in [3.8, 4) is 16.2 Å². The maximum atomic E-state index is 10.8. The summed E-state index contributed by atoms with van der Waals surface area (Å²) in [4.78, 5) is 3.75. The van der Waals surface area contributed by atoms with Crippen LogP contribution in [0.2, 0.25) is 0 Å². The lowest BCUT2D eigenvalue weighted by Crippen LogP contribution is -2.64. The molecule has 128 valence electrons. The van der Waals surface area contributed by atoms with Crippen molar-refractivity contribution in [2.75, 3.05) is 13.6 Å². The summed E-state index contributed by atoms with van der Waals surface area (Å²) in [6.07, 6.45) is 5.72. The number of rotatable bonds is 1. The second-order valence-corrected chi connectivity index (χ2v) is 8.88. The second-order valence-electron chi connectivity index (χ2n) is 7.94. The van der Waals surface area contributed by atoms with Gasteiger partial charge in [-0.2, -0.15) is 0 Å². The molecule has 1 aromatic carbocycles. The van der Waals surface area contributed by atoms with Crippen molar-refractivity contribution in [1.82, 2.24) is 4.90 Å². The number of piperidine rings is 1. The highest BCUT2D eigenvalue weighted by atomic mass is 32.1. The molecule has 5 atom stereocenters. The van der Waals surface area contributed by atoms with Crippen molar-refractivity contribution in [2.45, 2.75) is 36.5 Å². The van der Waals surface area contributed by atoms with Gasteiger partial charge in [0.15, 0.2) is 0 Å². The van der Waals surface area contributed by atoms with E-state index in [9.17, 15) is 5.11 Å². The monoisotopic (exact) mass is 351 g/mol. The van der Waals surface area contributed by atoms with Crippen LogP contribution in [0, 0.1) is 5.92 Å². The molecule has 3 nitrogen and oxygen atoms in total. The van der Waals surface area contributed by atoms with E-state index in [1.807, 2.05) is 6.08 Å². The lowest BCUT2D eigenvalue weighted by atomic mass is 9.53. The number of thiophene rings is 1. The number of ether oxygens (including phenoxy) is 1. The Balaban J connectivity index is 1.65. The number of benzene rings is 1. The molecule has 2 bridgehead atoms.